The lowest BCUT2D eigenvalue weighted by molar-refractivity contribution is -0.689. The molecule has 0 unspecified atom stereocenters. The van der Waals surface area contributed by atoms with Gasteiger partial charge in [-0.2, -0.15) is 0 Å². The Morgan fingerprint density at radius 2 is 0.861 bits per heavy atom. The van der Waals surface area contributed by atoms with Crippen LogP contribution in [0, 0.1) is 0 Å². The average molecular weight is 509 g/mol. The second-order valence-electron chi connectivity index (χ2n) is 8.88. The number of rotatable bonds is 0. The fourth-order valence-corrected chi connectivity index (χ4v) is 4.59. The molecule has 0 spiro atoms. The summed E-state index contributed by atoms with van der Waals surface area (Å²) in [6, 6.07) is 30.7. The van der Waals surface area contributed by atoms with Gasteiger partial charge in [-0.15, -0.1) is 0 Å². The topological polar surface area (TPSA) is 7.76 Å². The van der Waals surface area contributed by atoms with Crippen LogP contribution in [0.4, 0.5) is 0 Å². The molecule has 178 valence electrons. The molecule has 4 heteroatoms. The number of hydrogen-bond donors (Lipinski definition) is 0. The highest BCUT2D eigenvalue weighted by atomic mass is 35.5. The number of benzene rings is 3. The third-order valence-electron chi connectivity index (χ3n) is 6.47. The van der Waals surface area contributed by atoms with Crippen LogP contribution in [0.15, 0.2) is 110 Å². The molecular formula is C32H26Cl2N2. The lowest BCUT2D eigenvalue weighted by Crippen LogP contribution is -3.00. The zero-order chi connectivity index (χ0) is 22.7. The summed E-state index contributed by atoms with van der Waals surface area (Å²) in [5, 5.41) is 2.53. The fourth-order valence-electron chi connectivity index (χ4n) is 4.59. The highest BCUT2D eigenvalue weighted by molar-refractivity contribution is 5.99. The summed E-state index contributed by atoms with van der Waals surface area (Å²) in [5.74, 6) is 0. The summed E-state index contributed by atoms with van der Waals surface area (Å²) in [5.41, 5.74) is 7.45. The third-order valence-corrected chi connectivity index (χ3v) is 6.47. The van der Waals surface area contributed by atoms with Gasteiger partial charge in [-0.1, -0.05) is 85.0 Å². The lowest BCUT2D eigenvalue weighted by atomic mass is 9.98. The maximum Gasteiger partial charge on any atom is 0.173 e. The molecule has 0 saturated heterocycles. The molecule has 7 heterocycles. The van der Waals surface area contributed by atoms with Gasteiger partial charge in [0, 0.05) is 35.4 Å². The minimum absolute atomic E-state index is 0. The molecule has 10 rings (SSSR count). The highest BCUT2D eigenvalue weighted by Gasteiger charge is 2.07. The van der Waals surface area contributed by atoms with Crippen LogP contribution in [0.2, 0.25) is 0 Å². The van der Waals surface area contributed by atoms with Crippen molar-refractivity contribution in [3.8, 4) is 0 Å². The smallest absolute Gasteiger partial charge is 0.173 e. The van der Waals surface area contributed by atoms with Gasteiger partial charge in [0.2, 0.25) is 0 Å². The molecule has 0 atom stereocenters. The first-order valence-corrected chi connectivity index (χ1v) is 11.7. The van der Waals surface area contributed by atoms with E-state index < -0.39 is 0 Å². The first-order chi connectivity index (χ1) is 16.8. The standard InChI is InChI=1S/C32H26N2.2ClH/c1-3-29-4-2-6-31-14-12-26-17-21-34(22-18-26)24-28-9-7-27(8-10-28)23-33-19-15-25(16-20-33)11-13-30(5-1)32(29)31;;/h1-22H,23-24H2;2*1H/q+2;;/p-2/b13-11+,14-12+;;. The largest absolute Gasteiger partial charge is 1.00 e. The van der Waals surface area contributed by atoms with E-state index >= 15 is 0 Å². The molecule has 36 heavy (non-hydrogen) atoms. The molecule has 5 aliphatic rings. The van der Waals surface area contributed by atoms with Crippen LogP contribution in [0.1, 0.15) is 33.4 Å². The van der Waals surface area contributed by atoms with Crippen molar-refractivity contribution >= 4 is 35.1 Å². The van der Waals surface area contributed by atoms with Crippen molar-refractivity contribution in [2.24, 2.45) is 0 Å². The first-order valence-electron chi connectivity index (χ1n) is 11.7. The van der Waals surface area contributed by atoms with Crippen LogP contribution < -0.4 is 33.9 Å². The zero-order valence-corrected chi connectivity index (χ0v) is 21.3. The van der Waals surface area contributed by atoms with Crippen LogP contribution in [-0.2, 0) is 13.1 Å². The maximum atomic E-state index is 2.23. The Kier molecular flexibility index (Phi) is 8.00. The number of fused-ring (bicyclic) bond motifs is 1. The van der Waals surface area contributed by atoms with Gasteiger partial charge in [0.15, 0.2) is 37.9 Å². The molecule has 2 aromatic heterocycles. The van der Waals surface area contributed by atoms with E-state index in [0.29, 0.717) is 0 Å². The Morgan fingerprint density at radius 3 is 1.28 bits per heavy atom. The van der Waals surface area contributed by atoms with Crippen LogP contribution in [0.3, 0.4) is 0 Å². The van der Waals surface area contributed by atoms with Crippen molar-refractivity contribution in [2.75, 3.05) is 0 Å². The van der Waals surface area contributed by atoms with Gasteiger partial charge in [0.25, 0.3) is 0 Å². The molecule has 0 radical (unpaired) electrons. The molecule has 0 aliphatic carbocycles. The summed E-state index contributed by atoms with van der Waals surface area (Å²) in [7, 11) is 0. The summed E-state index contributed by atoms with van der Waals surface area (Å²) < 4.78 is 4.45. The van der Waals surface area contributed by atoms with E-state index in [1.807, 2.05) is 0 Å². The monoisotopic (exact) mass is 508 g/mol. The molecular weight excluding hydrogens is 483 g/mol. The second-order valence-corrected chi connectivity index (χ2v) is 8.88. The van der Waals surface area contributed by atoms with E-state index in [1.165, 1.54) is 44.2 Å². The van der Waals surface area contributed by atoms with Crippen molar-refractivity contribution in [2.45, 2.75) is 13.1 Å². The van der Waals surface area contributed by atoms with Crippen LogP contribution in [-0.4, -0.2) is 0 Å². The summed E-state index contributed by atoms with van der Waals surface area (Å²) in [6.45, 7) is 1.73. The summed E-state index contributed by atoms with van der Waals surface area (Å²) in [6.07, 6.45) is 17.5. The quantitative estimate of drug-likeness (QED) is 0.258. The first kappa shape index (κ1) is 25.4. The van der Waals surface area contributed by atoms with Gasteiger partial charge in [0.05, 0.1) is 0 Å². The molecule has 0 N–H and O–H groups in total. The number of halogens is 2. The Morgan fingerprint density at radius 1 is 0.444 bits per heavy atom. The van der Waals surface area contributed by atoms with E-state index in [0.717, 1.165) is 13.1 Å². The van der Waals surface area contributed by atoms with E-state index in [1.54, 1.807) is 0 Å². The van der Waals surface area contributed by atoms with E-state index in [2.05, 4.69) is 143 Å². The Labute approximate surface area is 224 Å². The average Bonchev–Trinajstić information content (AvgIpc) is 2.88. The fraction of sp³-hybridized carbons (Fsp3) is 0.0625. The van der Waals surface area contributed by atoms with Gasteiger partial charge in [-0.05, 0) is 33.0 Å². The van der Waals surface area contributed by atoms with Crippen molar-refractivity contribution in [3.05, 3.63) is 143 Å². The molecule has 6 bridgehead atoms. The summed E-state index contributed by atoms with van der Waals surface area (Å²) >= 11 is 0. The number of hydrogen-bond acceptors (Lipinski definition) is 0. The lowest BCUT2D eigenvalue weighted by Gasteiger charge is -2.07. The van der Waals surface area contributed by atoms with Crippen molar-refractivity contribution in [1.29, 1.82) is 0 Å². The molecule has 0 amide bonds. The van der Waals surface area contributed by atoms with E-state index in [9.17, 15) is 0 Å². The predicted octanol–water partition coefficient (Wildman–Crippen LogP) is 0.174. The van der Waals surface area contributed by atoms with E-state index in [4.69, 9.17) is 0 Å². The van der Waals surface area contributed by atoms with Crippen LogP contribution >= 0.6 is 0 Å². The number of aromatic nitrogens is 2. The van der Waals surface area contributed by atoms with Crippen LogP contribution in [0.5, 0.6) is 0 Å². The Balaban J connectivity index is 0.00000152. The Hall–Kier alpha value is -3.72. The van der Waals surface area contributed by atoms with Gasteiger partial charge in [-0.3, -0.25) is 0 Å². The number of nitrogens with zero attached hydrogens (tertiary/aromatic N) is 2. The molecule has 0 saturated carbocycles. The van der Waals surface area contributed by atoms with Gasteiger partial charge < -0.3 is 24.8 Å². The van der Waals surface area contributed by atoms with Crippen molar-refractivity contribution < 1.29 is 33.9 Å². The third kappa shape index (κ3) is 5.57. The second kappa shape index (κ2) is 11.3. The van der Waals surface area contributed by atoms with Gasteiger partial charge in [0.1, 0.15) is 0 Å². The summed E-state index contributed by atoms with van der Waals surface area (Å²) in [4.78, 5) is 0. The molecule has 5 aromatic rings. The van der Waals surface area contributed by atoms with Gasteiger partial charge in [-0.25, -0.2) is 9.13 Å². The maximum absolute atomic E-state index is 2.23. The minimum atomic E-state index is 0. The Bertz CT molecular complexity index is 1410. The van der Waals surface area contributed by atoms with Gasteiger partial charge >= 0.3 is 0 Å². The molecule has 0 fully saturated rings. The van der Waals surface area contributed by atoms with Crippen molar-refractivity contribution in [1.82, 2.24) is 0 Å². The van der Waals surface area contributed by atoms with E-state index in [-0.39, 0.29) is 24.8 Å². The minimum Gasteiger partial charge on any atom is -1.00 e. The predicted molar refractivity (Wildman–Crippen MR) is 140 cm³/mol. The van der Waals surface area contributed by atoms with Crippen molar-refractivity contribution in [3.63, 3.8) is 0 Å². The highest BCUT2D eigenvalue weighted by Crippen LogP contribution is 2.26. The normalized spacial score (nSPS) is 13.9. The SMILES string of the molecule is C1=C/c2cccc3cccc(c23)/C=C/c2cc[n+](cc2)Cc2ccc(cc2)C[n+]2ccc/1cc2.[Cl-].[Cl-]. The van der Waals surface area contributed by atoms with Crippen LogP contribution in [0.25, 0.3) is 35.1 Å². The molecule has 2 nitrogen and oxygen atoms in total. The number of pyridine rings is 2. The molecule has 5 aliphatic heterocycles. The zero-order valence-electron chi connectivity index (χ0n) is 19.8. The molecule has 3 aromatic carbocycles.